The summed E-state index contributed by atoms with van der Waals surface area (Å²) in [6.45, 7) is 1.78. The fourth-order valence-electron chi connectivity index (χ4n) is 12.7. The Morgan fingerprint density at radius 3 is 1.06 bits per heavy atom. The van der Waals surface area contributed by atoms with Crippen molar-refractivity contribution < 1.29 is 89.4 Å². The van der Waals surface area contributed by atoms with Gasteiger partial charge in [0.05, 0.1) is 38.6 Å². The highest BCUT2D eigenvalue weighted by molar-refractivity contribution is 5.76. The molecule has 12 N–H and O–H groups in total. The van der Waals surface area contributed by atoms with Crippen LogP contribution in [0.4, 0.5) is 0 Å². The first-order valence-corrected chi connectivity index (χ1v) is 36.4. The van der Waals surface area contributed by atoms with Crippen LogP contribution < -0.4 is 5.32 Å². The van der Waals surface area contributed by atoms with Crippen molar-refractivity contribution in [3.05, 3.63) is 12.2 Å². The van der Waals surface area contributed by atoms with Gasteiger partial charge in [-0.1, -0.05) is 283 Å². The quantitative estimate of drug-likeness (QED) is 0.0199. The van der Waals surface area contributed by atoms with Crippen LogP contribution in [-0.2, 0) is 33.2 Å². The van der Waals surface area contributed by atoms with Crippen molar-refractivity contribution in [1.82, 2.24) is 5.32 Å². The number of carbonyl (C=O) groups is 1. The molecule has 0 spiro atoms. The Labute approximate surface area is 537 Å². The topological polar surface area (TPSA) is 307 Å². The van der Waals surface area contributed by atoms with Crippen molar-refractivity contribution in [2.45, 2.75) is 401 Å². The number of carbonyl (C=O) groups excluding carboxylic acids is 1. The lowest BCUT2D eigenvalue weighted by atomic mass is 9.96. The number of amides is 1. The zero-order valence-electron chi connectivity index (χ0n) is 55.7. The van der Waals surface area contributed by atoms with Crippen LogP contribution in [0.5, 0.6) is 0 Å². The van der Waals surface area contributed by atoms with Gasteiger partial charge in [0, 0.05) is 6.42 Å². The molecule has 19 heteroatoms. The monoisotopic (exact) mass is 1280 g/mol. The van der Waals surface area contributed by atoms with E-state index in [-0.39, 0.29) is 18.9 Å². The fraction of sp³-hybridized carbons (Fsp3) is 0.957. The highest BCUT2D eigenvalue weighted by Gasteiger charge is 2.53. The van der Waals surface area contributed by atoms with E-state index in [9.17, 15) is 61.0 Å². The van der Waals surface area contributed by atoms with Crippen LogP contribution in [-0.4, -0.2) is 193 Å². The van der Waals surface area contributed by atoms with Gasteiger partial charge in [-0.05, 0) is 19.3 Å². The highest BCUT2D eigenvalue weighted by Crippen LogP contribution is 2.33. The van der Waals surface area contributed by atoms with E-state index in [2.05, 4.69) is 19.2 Å². The van der Waals surface area contributed by atoms with Gasteiger partial charge in [0.25, 0.3) is 0 Å². The minimum atomic E-state index is -1.98. The first kappa shape index (κ1) is 81.8. The third-order valence-corrected chi connectivity index (χ3v) is 18.6. The number of nitrogens with one attached hydrogen (secondary N) is 1. The number of aliphatic hydroxyl groups is 11. The maximum absolute atomic E-state index is 13.4. The molecule has 1 amide bonds. The molecular formula is C70H133NO18. The van der Waals surface area contributed by atoms with E-state index < -0.39 is 124 Å². The Kier molecular flexibility index (Phi) is 48.5. The van der Waals surface area contributed by atoms with E-state index in [4.69, 9.17) is 28.4 Å². The van der Waals surface area contributed by atoms with Gasteiger partial charge >= 0.3 is 0 Å². The third kappa shape index (κ3) is 34.7. The summed E-state index contributed by atoms with van der Waals surface area (Å²) in [6, 6.07) is -0.969. The number of aliphatic hydroxyl groups excluding tert-OH is 11. The van der Waals surface area contributed by atoms with Gasteiger partial charge in [-0.15, -0.1) is 0 Å². The molecule has 89 heavy (non-hydrogen) atoms. The average Bonchev–Trinajstić information content (AvgIpc) is 1.92. The van der Waals surface area contributed by atoms with Crippen molar-refractivity contribution in [1.29, 1.82) is 0 Å². The Hall–Kier alpha value is -1.47. The molecule has 3 heterocycles. The zero-order chi connectivity index (χ0) is 64.7. The van der Waals surface area contributed by atoms with E-state index in [1.54, 1.807) is 6.08 Å². The average molecular weight is 1280 g/mol. The fourth-order valence-corrected chi connectivity index (χ4v) is 12.7. The van der Waals surface area contributed by atoms with Gasteiger partial charge in [-0.25, -0.2) is 0 Å². The molecule has 0 saturated carbocycles. The van der Waals surface area contributed by atoms with Crippen LogP contribution in [0.25, 0.3) is 0 Å². The van der Waals surface area contributed by atoms with Crippen LogP contribution >= 0.6 is 0 Å². The Balaban J connectivity index is 1.42. The molecule has 19 nitrogen and oxygen atoms in total. The lowest BCUT2D eigenvalue weighted by molar-refractivity contribution is -0.379. The van der Waals surface area contributed by atoms with E-state index in [1.807, 2.05) is 6.08 Å². The minimum absolute atomic E-state index is 0.250. The smallest absolute Gasteiger partial charge is 0.220 e. The normalized spacial score (nSPS) is 28.2. The molecule has 3 rings (SSSR count). The van der Waals surface area contributed by atoms with Gasteiger partial charge in [-0.3, -0.25) is 4.79 Å². The lowest BCUT2D eigenvalue weighted by Crippen LogP contribution is -2.66. The molecule has 3 aliphatic rings. The summed E-state index contributed by atoms with van der Waals surface area (Å²) >= 11 is 0. The zero-order valence-corrected chi connectivity index (χ0v) is 55.7. The number of rotatable bonds is 57. The molecule has 0 bridgehead atoms. The number of allylic oxidation sites excluding steroid dienone is 1. The Bertz CT molecular complexity index is 1670. The summed E-state index contributed by atoms with van der Waals surface area (Å²) in [5.41, 5.74) is 0. The van der Waals surface area contributed by atoms with Crippen molar-refractivity contribution in [3.8, 4) is 0 Å². The highest BCUT2D eigenvalue weighted by atomic mass is 16.8. The molecule has 0 aliphatic carbocycles. The summed E-state index contributed by atoms with van der Waals surface area (Å²) in [5, 5.41) is 121. The van der Waals surface area contributed by atoms with Gasteiger partial charge < -0.3 is 89.9 Å². The standard InChI is InChI=1S/C70H133NO18/c1-3-5-7-9-11-13-15-17-19-21-23-24-25-26-27-28-30-32-34-36-38-40-42-44-46-48-58(76)71-53(54(75)47-45-43-41-39-37-35-33-31-29-22-20-18-16-14-12-10-8-6-4-2)52-84-68-64(82)61(79)66(56(50-73)86-68)89-70-65(83)62(80)67(57(51-74)87-70)88-69-63(81)60(78)59(77)55(49-72)85-69/h45,47,53-57,59-70,72-75,77-83H,3-44,46,48-52H2,1-2H3,(H,71,76)/b47-45+. The molecule has 0 aromatic rings. The van der Waals surface area contributed by atoms with Crippen molar-refractivity contribution in [2.24, 2.45) is 0 Å². The Morgan fingerprint density at radius 2 is 0.697 bits per heavy atom. The van der Waals surface area contributed by atoms with Gasteiger partial charge in [0.15, 0.2) is 18.9 Å². The summed E-state index contributed by atoms with van der Waals surface area (Å²) in [6.07, 6.45) is 31.9. The van der Waals surface area contributed by atoms with Gasteiger partial charge in [0.1, 0.15) is 73.2 Å². The molecule has 0 aromatic heterocycles. The largest absolute Gasteiger partial charge is 0.394 e. The van der Waals surface area contributed by atoms with Crippen molar-refractivity contribution >= 4 is 5.91 Å². The number of unbranched alkanes of at least 4 members (excludes halogenated alkanes) is 41. The van der Waals surface area contributed by atoms with E-state index in [0.29, 0.717) is 6.42 Å². The molecule has 0 aromatic carbocycles. The molecule has 17 unspecified atom stereocenters. The first-order valence-electron chi connectivity index (χ1n) is 36.4. The molecular weight excluding hydrogens is 1140 g/mol. The van der Waals surface area contributed by atoms with Crippen LogP contribution in [0.3, 0.4) is 0 Å². The summed E-state index contributed by atoms with van der Waals surface area (Å²) in [7, 11) is 0. The first-order chi connectivity index (χ1) is 43.3. The summed E-state index contributed by atoms with van der Waals surface area (Å²) in [5.74, 6) is -0.268. The van der Waals surface area contributed by atoms with Gasteiger partial charge in [-0.2, -0.15) is 0 Å². The van der Waals surface area contributed by atoms with Gasteiger partial charge in [0.2, 0.25) is 5.91 Å². The van der Waals surface area contributed by atoms with E-state index in [1.165, 1.54) is 225 Å². The van der Waals surface area contributed by atoms with Crippen LogP contribution in [0.1, 0.15) is 296 Å². The van der Waals surface area contributed by atoms with Crippen molar-refractivity contribution in [3.63, 3.8) is 0 Å². The second-order valence-electron chi connectivity index (χ2n) is 26.4. The molecule has 526 valence electrons. The second kappa shape index (κ2) is 52.8. The van der Waals surface area contributed by atoms with Crippen molar-refractivity contribution in [2.75, 3.05) is 26.4 Å². The summed E-state index contributed by atoms with van der Waals surface area (Å²) < 4.78 is 34.4. The molecule has 17 atom stereocenters. The molecule has 3 fully saturated rings. The van der Waals surface area contributed by atoms with Crippen LogP contribution in [0.2, 0.25) is 0 Å². The van der Waals surface area contributed by atoms with E-state index >= 15 is 0 Å². The SMILES string of the molecule is CCCCCCCCCCCCCCCCCCC/C=C/C(O)C(COC1OC(CO)C(OC2OC(CO)C(OC3OC(CO)C(O)C(O)C3O)C(O)C2O)C(O)C1O)NC(=O)CCCCCCCCCCCCCCCCCCCCCCCCCCC. The molecule has 0 radical (unpaired) electrons. The third-order valence-electron chi connectivity index (χ3n) is 18.6. The van der Waals surface area contributed by atoms with E-state index in [0.717, 1.165) is 44.9 Å². The number of ether oxygens (including phenoxy) is 6. The minimum Gasteiger partial charge on any atom is -0.394 e. The lowest BCUT2D eigenvalue weighted by Gasteiger charge is -2.48. The molecule has 3 aliphatic heterocycles. The maximum Gasteiger partial charge on any atom is 0.220 e. The second-order valence-corrected chi connectivity index (χ2v) is 26.4. The predicted octanol–water partition coefficient (Wildman–Crippen LogP) is 10.1. The maximum atomic E-state index is 13.4. The van der Waals surface area contributed by atoms with Crippen LogP contribution in [0.15, 0.2) is 12.2 Å². The molecule has 3 saturated heterocycles. The van der Waals surface area contributed by atoms with Crippen LogP contribution in [0, 0.1) is 0 Å². The number of hydrogen-bond donors (Lipinski definition) is 12. The number of hydrogen-bond acceptors (Lipinski definition) is 18. The summed E-state index contributed by atoms with van der Waals surface area (Å²) in [4.78, 5) is 13.4. The predicted molar refractivity (Wildman–Crippen MR) is 347 cm³/mol. The Morgan fingerprint density at radius 1 is 0.393 bits per heavy atom.